The lowest BCUT2D eigenvalue weighted by Crippen LogP contribution is -2.46. The first-order valence-electron chi connectivity index (χ1n) is 13.0. The maximum atomic E-state index is 13.6. The second kappa shape index (κ2) is 9.40. The average molecular weight is 440 g/mol. The molecule has 0 N–H and O–H groups in total. The van der Waals surface area contributed by atoms with Crippen molar-refractivity contribution in [3.8, 4) is 0 Å². The fraction of sp³-hybridized carbons (Fsp3) is 0.731. The van der Waals surface area contributed by atoms with Crippen LogP contribution in [0.25, 0.3) is 0 Å². The molecular formula is C26H37N3O3. The molecule has 2 saturated heterocycles. The van der Waals surface area contributed by atoms with Crippen molar-refractivity contribution in [2.45, 2.75) is 83.1 Å². The van der Waals surface area contributed by atoms with Crippen LogP contribution in [0.4, 0.5) is 0 Å². The lowest BCUT2D eigenvalue weighted by atomic mass is 9.75. The van der Waals surface area contributed by atoms with E-state index in [-0.39, 0.29) is 34.4 Å². The summed E-state index contributed by atoms with van der Waals surface area (Å²) in [6, 6.07) is 0.269. The minimum Gasteiger partial charge on any atom is -0.349 e. The lowest BCUT2D eigenvalue weighted by Gasteiger charge is -2.41. The fourth-order valence-corrected chi connectivity index (χ4v) is 6.54. The van der Waals surface area contributed by atoms with Crippen LogP contribution in [-0.4, -0.2) is 52.4 Å². The minimum absolute atomic E-state index is 0.167. The van der Waals surface area contributed by atoms with Gasteiger partial charge in [-0.25, -0.2) is 0 Å². The third-order valence-electron chi connectivity index (χ3n) is 8.47. The number of fused-ring (bicyclic) bond motifs is 1. The Morgan fingerprint density at radius 3 is 1.94 bits per heavy atom. The summed E-state index contributed by atoms with van der Waals surface area (Å²) in [4.78, 5) is 44.0. The number of aromatic nitrogens is 1. The molecule has 4 aliphatic rings. The Kier molecular flexibility index (Phi) is 6.38. The third-order valence-corrected chi connectivity index (χ3v) is 8.47. The van der Waals surface area contributed by atoms with Crippen LogP contribution in [-0.2, 0) is 0 Å². The molecule has 0 aromatic carbocycles. The van der Waals surface area contributed by atoms with Crippen molar-refractivity contribution in [3.05, 3.63) is 33.7 Å². The van der Waals surface area contributed by atoms with Gasteiger partial charge < -0.3 is 14.4 Å². The van der Waals surface area contributed by atoms with Gasteiger partial charge in [0.25, 0.3) is 11.8 Å². The largest absolute Gasteiger partial charge is 0.349 e. The normalized spacial score (nSPS) is 26.8. The number of hydrogen-bond acceptors (Lipinski definition) is 3. The van der Waals surface area contributed by atoms with Crippen molar-refractivity contribution >= 4 is 11.8 Å². The maximum Gasteiger partial charge on any atom is 0.259 e. The van der Waals surface area contributed by atoms with E-state index in [0.29, 0.717) is 19.0 Å². The van der Waals surface area contributed by atoms with Crippen molar-refractivity contribution in [1.29, 1.82) is 0 Å². The molecule has 3 heterocycles. The molecule has 0 bridgehead atoms. The highest BCUT2D eigenvalue weighted by Gasteiger charge is 2.35. The Labute approximate surface area is 191 Å². The first-order chi connectivity index (χ1) is 15.6. The van der Waals surface area contributed by atoms with Crippen molar-refractivity contribution < 1.29 is 9.59 Å². The predicted octanol–water partition coefficient (Wildman–Crippen LogP) is 4.24. The molecule has 2 saturated carbocycles. The Hall–Kier alpha value is -2.11. The topological polar surface area (TPSA) is 62.6 Å². The van der Waals surface area contributed by atoms with Gasteiger partial charge in [0, 0.05) is 44.6 Å². The first kappa shape index (κ1) is 21.7. The van der Waals surface area contributed by atoms with E-state index in [1.807, 2.05) is 9.47 Å². The summed E-state index contributed by atoms with van der Waals surface area (Å²) in [5, 5.41) is 0. The molecule has 6 heteroatoms. The Morgan fingerprint density at radius 1 is 0.656 bits per heavy atom. The number of rotatable bonds is 3. The number of pyridine rings is 1. The van der Waals surface area contributed by atoms with E-state index in [2.05, 4.69) is 0 Å². The standard InChI is InChI=1S/C26H37N3O3/c30-24-22(25(31)27-13-6-7-14-27)17-29(21-10-2-1-3-11-21)18-23(24)26(32)28-15-12-19-8-4-5-9-20(19)16-28/h17-21H,1-16H2/t19-,20-/m0/s1. The number of carbonyl (C=O) groups is 2. The molecule has 0 unspecified atom stereocenters. The summed E-state index contributed by atoms with van der Waals surface area (Å²) in [7, 11) is 0. The smallest absolute Gasteiger partial charge is 0.259 e. The molecule has 2 aliphatic carbocycles. The molecular weight excluding hydrogens is 402 g/mol. The molecule has 0 spiro atoms. The molecule has 6 nitrogen and oxygen atoms in total. The molecule has 4 fully saturated rings. The van der Waals surface area contributed by atoms with Crippen molar-refractivity contribution in [2.24, 2.45) is 11.8 Å². The van der Waals surface area contributed by atoms with E-state index < -0.39 is 0 Å². The number of piperidine rings is 1. The lowest BCUT2D eigenvalue weighted by molar-refractivity contribution is 0.0518. The number of hydrogen-bond donors (Lipinski definition) is 0. The van der Waals surface area contributed by atoms with Crippen molar-refractivity contribution in [1.82, 2.24) is 14.4 Å². The molecule has 1 aromatic heterocycles. The van der Waals surface area contributed by atoms with Gasteiger partial charge in [-0.05, 0) is 50.4 Å². The monoisotopic (exact) mass is 439 g/mol. The molecule has 0 radical (unpaired) electrons. The molecule has 2 atom stereocenters. The second-order valence-corrected chi connectivity index (χ2v) is 10.5. The van der Waals surface area contributed by atoms with E-state index in [4.69, 9.17) is 0 Å². The highest BCUT2D eigenvalue weighted by molar-refractivity contribution is 5.99. The van der Waals surface area contributed by atoms with Crippen LogP contribution in [0.15, 0.2) is 17.2 Å². The summed E-state index contributed by atoms with van der Waals surface area (Å²) in [5.74, 6) is 0.934. The Bertz CT molecular complexity index is 911. The second-order valence-electron chi connectivity index (χ2n) is 10.5. The number of nitrogens with zero attached hydrogens (tertiary/aromatic N) is 3. The van der Waals surface area contributed by atoms with Gasteiger partial charge in [0.1, 0.15) is 11.1 Å². The van der Waals surface area contributed by atoms with E-state index in [9.17, 15) is 14.4 Å². The molecule has 174 valence electrons. The molecule has 5 rings (SSSR count). The zero-order chi connectivity index (χ0) is 22.1. The van der Waals surface area contributed by atoms with E-state index in [1.165, 1.54) is 32.1 Å². The fourth-order valence-electron chi connectivity index (χ4n) is 6.54. The molecule has 1 aromatic rings. The predicted molar refractivity (Wildman–Crippen MR) is 124 cm³/mol. The van der Waals surface area contributed by atoms with Gasteiger partial charge in [-0.1, -0.05) is 38.5 Å². The summed E-state index contributed by atoms with van der Waals surface area (Å²) in [6.45, 7) is 2.90. The molecule has 2 aliphatic heterocycles. The van der Waals surface area contributed by atoms with Gasteiger partial charge in [0.05, 0.1) is 0 Å². The summed E-state index contributed by atoms with van der Waals surface area (Å²) in [6.07, 6.45) is 17.2. The quantitative estimate of drug-likeness (QED) is 0.708. The average Bonchev–Trinajstić information content (AvgIpc) is 3.39. The van der Waals surface area contributed by atoms with Crippen molar-refractivity contribution in [2.75, 3.05) is 26.2 Å². The highest BCUT2D eigenvalue weighted by atomic mass is 16.2. The van der Waals surface area contributed by atoms with Gasteiger partial charge in [0.2, 0.25) is 5.43 Å². The van der Waals surface area contributed by atoms with Gasteiger partial charge in [0.15, 0.2) is 0 Å². The third kappa shape index (κ3) is 4.25. The van der Waals surface area contributed by atoms with Crippen LogP contribution in [0.3, 0.4) is 0 Å². The Morgan fingerprint density at radius 2 is 1.25 bits per heavy atom. The van der Waals surface area contributed by atoms with Gasteiger partial charge >= 0.3 is 0 Å². The number of likely N-dealkylation sites (tertiary alicyclic amines) is 2. The van der Waals surface area contributed by atoms with Gasteiger partial charge in [-0.3, -0.25) is 14.4 Å². The van der Waals surface area contributed by atoms with Gasteiger partial charge in [-0.15, -0.1) is 0 Å². The van der Waals surface area contributed by atoms with Crippen molar-refractivity contribution in [3.63, 3.8) is 0 Å². The van der Waals surface area contributed by atoms with Crippen LogP contribution in [0.5, 0.6) is 0 Å². The van der Waals surface area contributed by atoms with Crippen LogP contribution in [0.2, 0.25) is 0 Å². The maximum absolute atomic E-state index is 13.6. The molecule has 32 heavy (non-hydrogen) atoms. The zero-order valence-electron chi connectivity index (χ0n) is 19.3. The highest BCUT2D eigenvalue weighted by Crippen LogP contribution is 2.36. The van der Waals surface area contributed by atoms with Crippen LogP contribution in [0, 0.1) is 11.8 Å². The SMILES string of the molecule is O=C(c1cn(C2CCCCC2)cc(C(=O)N2CC[C@@H]3CCCC[C@H]3C2)c1=O)N1CCCC1. The van der Waals surface area contributed by atoms with E-state index in [1.54, 1.807) is 17.3 Å². The van der Waals surface area contributed by atoms with E-state index in [0.717, 1.165) is 64.0 Å². The minimum atomic E-state index is -0.371. The van der Waals surface area contributed by atoms with Gasteiger partial charge in [-0.2, -0.15) is 0 Å². The van der Waals surface area contributed by atoms with Crippen LogP contribution >= 0.6 is 0 Å². The van der Waals surface area contributed by atoms with Crippen LogP contribution < -0.4 is 5.43 Å². The van der Waals surface area contributed by atoms with E-state index >= 15 is 0 Å². The first-order valence-corrected chi connectivity index (χ1v) is 13.0. The Balaban J connectivity index is 1.47. The summed E-state index contributed by atoms with van der Waals surface area (Å²) in [5.41, 5.74) is 0.0236. The number of amides is 2. The van der Waals surface area contributed by atoms with Crippen LogP contribution in [0.1, 0.15) is 104 Å². The zero-order valence-corrected chi connectivity index (χ0v) is 19.3. The molecule has 2 amide bonds. The summed E-state index contributed by atoms with van der Waals surface area (Å²) >= 11 is 0. The number of carbonyl (C=O) groups excluding carboxylic acids is 2. The summed E-state index contributed by atoms with van der Waals surface area (Å²) < 4.78 is 2.03.